The highest BCUT2D eigenvalue weighted by Crippen LogP contribution is 2.32. The van der Waals surface area contributed by atoms with E-state index in [1.54, 1.807) is 0 Å². The topological polar surface area (TPSA) is 112 Å². The molecule has 1 aromatic heterocycles. The second-order valence-corrected chi connectivity index (χ2v) is 2.90. The fraction of sp³-hybridized carbons (Fsp3) is 0.286. The standard InChI is InChI=1S/C7H8ClN3O4/c8-5-3-4(9)6(11(13)14)7(10-5)15-2-1-12/h3,12H,1-2H2,(H2,9,10). The minimum absolute atomic E-state index is 0.00830. The third-order valence-corrected chi connectivity index (χ3v) is 1.67. The number of hydrogen-bond acceptors (Lipinski definition) is 6. The van der Waals surface area contributed by atoms with Gasteiger partial charge in [0.15, 0.2) is 0 Å². The summed E-state index contributed by atoms with van der Waals surface area (Å²) in [7, 11) is 0. The van der Waals surface area contributed by atoms with E-state index in [0.717, 1.165) is 6.07 Å². The van der Waals surface area contributed by atoms with E-state index < -0.39 is 10.6 Å². The fourth-order valence-corrected chi connectivity index (χ4v) is 1.12. The molecular weight excluding hydrogens is 226 g/mol. The molecule has 0 aliphatic rings. The van der Waals surface area contributed by atoms with Gasteiger partial charge in [0.2, 0.25) is 0 Å². The van der Waals surface area contributed by atoms with Crippen molar-refractivity contribution >= 4 is 23.0 Å². The van der Waals surface area contributed by atoms with Gasteiger partial charge in [-0.1, -0.05) is 11.6 Å². The molecular formula is C7H8ClN3O4. The molecule has 1 heterocycles. The molecule has 0 spiro atoms. The van der Waals surface area contributed by atoms with Gasteiger partial charge < -0.3 is 15.6 Å². The number of aromatic nitrogens is 1. The predicted molar refractivity (Wildman–Crippen MR) is 52.9 cm³/mol. The van der Waals surface area contributed by atoms with Crippen LogP contribution in [0.5, 0.6) is 5.88 Å². The van der Waals surface area contributed by atoms with Crippen molar-refractivity contribution in [1.82, 2.24) is 4.98 Å². The van der Waals surface area contributed by atoms with Crippen LogP contribution in [0.1, 0.15) is 0 Å². The van der Waals surface area contributed by atoms with Gasteiger partial charge in [0.05, 0.1) is 11.5 Å². The van der Waals surface area contributed by atoms with Crippen LogP contribution in [0.15, 0.2) is 6.07 Å². The minimum Gasteiger partial charge on any atom is -0.470 e. The predicted octanol–water partition coefficient (Wildman–Crippen LogP) is 0.597. The quantitative estimate of drug-likeness (QED) is 0.447. The molecule has 0 bridgehead atoms. The minimum atomic E-state index is -0.717. The number of pyridine rings is 1. The van der Waals surface area contributed by atoms with Crippen LogP contribution in [0, 0.1) is 10.1 Å². The number of halogens is 1. The van der Waals surface area contributed by atoms with E-state index in [4.69, 9.17) is 27.2 Å². The van der Waals surface area contributed by atoms with Crippen LogP contribution in [0.4, 0.5) is 11.4 Å². The molecule has 0 saturated carbocycles. The van der Waals surface area contributed by atoms with Crippen LogP contribution >= 0.6 is 11.6 Å². The number of ether oxygens (including phenoxy) is 1. The summed E-state index contributed by atoms with van der Waals surface area (Å²) in [4.78, 5) is 13.5. The molecule has 0 unspecified atom stereocenters. The van der Waals surface area contributed by atoms with Crippen molar-refractivity contribution in [2.24, 2.45) is 0 Å². The van der Waals surface area contributed by atoms with Crippen molar-refractivity contribution < 1.29 is 14.8 Å². The summed E-state index contributed by atoms with van der Waals surface area (Å²) in [6.07, 6.45) is 0. The first-order valence-corrected chi connectivity index (χ1v) is 4.28. The van der Waals surface area contributed by atoms with Crippen molar-refractivity contribution in [3.8, 4) is 5.88 Å². The van der Waals surface area contributed by atoms with Gasteiger partial charge in [-0.25, -0.2) is 0 Å². The van der Waals surface area contributed by atoms with Crippen LogP contribution in [-0.2, 0) is 0 Å². The Kier molecular flexibility index (Phi) is 3.64. The molecule has 0 aliphatic heterocycles. The highest BCUT2D eigenvalue weighted by Gasteiger charge is 2.22. The SMILES string of the molecule is Nc1cc(Cl)nc(OCCO)c1[N+](=O)[O-]. The second-order valence-electron chi connectivity index (χ2n) is 2.52. The second kappa shape index (κ2) is 4.76. The zero-order valence-corrected chi connectivity index (χ0v) is 8.27. The number of nitrogen functional groups attached to an aromatic ring is 1. The molecule has 8 heteroatoms. The molecule has 0 saturated heterocycles. The zero-order valence-electron chi connectivity index (χ0n) is 7.51. The Morgan fingerprint density at radius 1 is 1.73 bits per heavy atom. The molecule has 0 aliphatic carbocycles. The largest absolute Gasteiger partial charge is 0.470 e. The van der Waals surface area contributed by atoms with Gasteiger partial charge >= 0.3 is 5.69 Å². The smallest absolute Gasteiger partial charge is 0.353 e. The molecule has 3 N–H and O–H groups in total. The number of aliphatic hydroxyl groups excluding tert-OH is 1. The first-order chi connectivity index (χ1) is 7.06. The first-order valence-electron chi connectivity index (χ1n) is 3.90. The molecule has 7 nitrogen and oxygen atoms in total. The Morgan fingerprint density at radius 3 is 2.93 bits per heavy atom. The Hall–Kier alpha value is -1.60. The first kappa shape index (κ1) is 11.5. The molecule has 0 fully saturated rings. The lowest BCUT2D eigenvalue weighted by molar-refractivity contribution is -0.385. The van der Waals surface area contributed by atoms with Crippen LogP contribution in [-0.4, -0.2) is 28.2 Å². The average molecular weight is 234 g/mol. The lowest BCUT2D eigenvalue weighted by Gasteiger charge is -2.05. The van der Waals surface area contributed by atoms with E-state index in [1.807, 2.05) is 0 Å². The maximum Gasteiger partial charge on any atom is 0.353 e. The van der Waals surface area contributed by atoms with Crippen LogP contribution in [0.3, 0.4) is 0 Å². The maximum absolute atomic E-state index is 10.6. The number of nitrogens with zero attached hydrogens (tertiary/aromatic N) is 2. The van der Waals surface area contributed by atoms with Gasteiger partial charge in [-0.05, 0) is 0 Å². The normalized spacial score (nSPS) is 10.0. The van der Waals surface area contributed by atoms with Gasteiger partial charge in [0.1, 0.15) is 17.4 Å². The van der Waals surface area contributed by atoms with Gasteiger partial charge in [0.25, 0.3) is 5.88 Å². The number of nitro groups is 1. The van der Waals surface area contributed by atoms with Gasteiger partial charge in [-0.15, -0.1) is 0 Å². The highest BCUT2D eigenvalue weighted by molar-refractivity contribution is 6.29. The Balaban J connectivity index is 3.14. The van der Waals surface area contributed by atoms with Crippen molar-refractivity contribution in [2.45, 2.75) is 0 Å². The maximum atomic E-state index is 10.6. The molecule has 1 aromatic rings. The van der Waals surface area contributed by atoms with E-state index in [2.05, 4.69) is 4.98 Å². The monoisotopic (exact) mass is 233 g/mol. The number of rotatable bonds is 4. The van der Waals surface area contributed by atoms with Crippen molar-refractivity contribution in [3.05, 3.63) is 21.3 Å². The van der Waals surface area contributed by atoms with Crippen LogP contribution < -0.4 is 10.5 Å². The zero-order chi connectivity index (χ0) is 11.4. The van der Waals surface area contributed by atoms with Crippen LogP contribution in [0.2, 0.25) is 5.15 Å². The summed E-state index contributed by atoms with van der Waals surface area (Å²) < 4.78 is 4.84. The molecule has 82 valence electrons. The fourth-order valence-electron chi connectivity index (χ4n) is 0.929. The van der Waals surface area contributed by atoms with Crippen molar-refractivity contribution in [2.75, 3.05) is 18.9 Å². The van der Waals surface area contributed by atoms with Gasteiger partial charge in [-0.2, -0.15) is 4.98 Å². The Labute approximate surface area is 89.6 Å². The van der Waals surface area contributed by atoms with Gasteiger partial charge in [0, 0.05) is 6.07 Å². The lowest BCUT2D eigenvalue weighted by Crippen LogP contribution is -2.07. The molecule has 1 rings (SSSR count). The van der Waals surface area contributed by atoms with Crippen molar-refractivity contribution in [3.63, 3.8) is 0 Å². The summed E-state index contributed by atoms with van der Waals surface area (Å²) in [5.74, 6) is -0.293. The molecule has 0 amide bonds. The highest BCUT2D eigenvalue weighted by atomic mass is 35.5. The van der Waals surface area contributed by atoms with Gasteiger partial charge in [-0.3, -0.25) is 10.1 Å². The molecule has 0 atom stereocenters. The summed E-state index contributed by atoms with van der Waals surface area (Å²) in [6.45, 7) is -0.404. The van der Waals surface area contributed by atoms with E-state index >= 15 is 0 Å². The third-order valence-electron chi connectivity index (χ3n) is 1.47. The van der Waals surface area contributed by atoms with E-state index in [9.17, 15) is 10.1 Å². The summed E-state index contributed by atoms with van der Waals surface area (Å²) in [5, 5.41) is 19.1. The van der Waals surface area contributed by atoms with E-state index in [0.29, 0.717) is 0 Å². The number of nitrogens with two attached hydrogens (primary N) is 1. The average Bonchev–Trinajstić information content (AvgIpc) is 2.12. The van der Waals surface area contributed by atoms with E-state index in [1.165, 1.54) is 0 Å². The van der Waals surface area contributed by atoms with Crippen LogP contribution in [0.25, 0.3) is 0 Å². The third kappa shape index (κ3) is 2.67. The molecule has 0 aromatic carbocycles. The Morgan fingerprint density at radius 2 is 2.40 bits per heavy atom. The summed E-state index contributed by atoms with van der Waals surface area (Å²) >= 11 is 5.55. The molecule has 15 heavy (non-hydrogen) atoms. The molecule has 0 radical (unpaired) electrons. The number of anilines is 1. The van der Waals surface area contributed by atoms with Crippen molar-refractivity contribution in [1.29, 1.82) is 0 Å². The lowest BCUT2D eigenvalue weighted by atomic mass is 10.3. The Bertz CT molecular complexity index is 385. The summed E-state index contributed by atoms with van der Waals surface area (Å²) in [5.41, 5.74) is 4.80. The number of hydrogen-bond donors (Lipinski definition) is 2. The summed E-state index contributed by atoms with van der Waals surface area (Å²) in [6, 6.07) is 1.16. The van der Waals surface area contributed by atoms with E-state index in [-0.39, 0.29) is 29.9 Å². The number of aliphatic hydroxyl groups is 1.